The van der Waals surface area contributed by atoms with E-state index < -0.39 is 6.43 Å². The highest BCUT2D eigenvalue weighted by atomic mass is 19.3. The molecule has 0 unspecified atom stereocenters. The number of hydrogen-bond donors (Lipinski definition) is 2. The maximum absolute atomic E-state index is 12.2. The molecular formula is C10H19F2N3O. The monoisotopic (exact) mass is 235 g/mol. The molecule has 1 aliphatic carbocycles. The number of alkyl halides is 2. The van der Waals surface area contributed by atoms with Gasteiger partial charge in [0, 0.05) is 32.1 Å². The first-order valence-electron chi connectivity index (χ1n) is 5.61. The number of nitrogens with one attached hydrogen (secondary N) is 1. The molecule has 0 spiro atoms. The molecule has 0 aromatic heterocycles. The van der Waals surface area contributed by atoms with Crippen LogP contribution < -0.4 is 11.1 Å². The van der Waals surface area contributed by atoms with Gasteiger partial charge in [0.15, 0.2) is 0 Å². The molecule has 1 saturated carbocycles. The van der Waals surface area contributed by atoms with Crippen LogP contribution >= 0.6 is 0 Å². The number of hydrogen-bond acceptors (Lipinski definition) is 3. The lowest BCUT2D eigenvalue weighted by Crippen LogP contribution is -2.37. The molecule has 6 heteroatoms. The van der Waals surface area contributed by atoms with Crippen LogP contribution in [0, 0.1) is 0 Å². The Bertz CT molecular complexity index is 222. The predicted octanol–water partition coefficient (Wildman–Crippen LogP) is 0.181. The lowest BCUT2D eigenvalue weighted by molar-refractivity contribution is -0.121. The molecule has 0 saturated heterocycles. The number of amides is 1. The predicted molar refractivity (Wildman–Crippen MR) is 57.3 cm³/mol. The molecule has 0 aliphatic heterocycles. The van der Waals surface area contributed by atoms with Crippen molar-refractivity contribution in [1.29, 1.82) is 0 Å². The maximum Gasteiger partial charge on any atom is 0.251 e. The van der Waals surface area contributed by atoms with E-state index >= 15 is 0 Å². The number of halogens is 2. The van der Waals surface area contributed by atoms with Crippen LogP contribution in [-0.4, -0.2) is 49.5 Å². The average molecular weight is 235 g/mol. The van der Waals surface area contributed by atoms with Crippen molar-refractivity contribution in [3.8, 4) is 0 Å². The molecule has 0 aromatic carbocycles. The Morgan fingerprint density at radius 1 is 1.44 bits per heavy atom. The third kappa shape index (κ3) is 5.97. The summed E-state index contributed by atoms with van der Waals surface area (Å²) >= 11 is 0. The van der Waals surface area contributed by atoms with E-state index in [1.807, 2.05) is 0 Å². The molecule has 0 aromatic rings. The molecule has 94 valence electrons. The van der Waals surface area contributed by atoms with Crippen LogP contribution in [0.4, 0.5) is 8.78 Å². The topological polar surface area (TPSA) is 58.4 Å². The molecule has 1 rings (SSSR count). The third-order valence-corrected chi connectivity index (χ3v) is 2.44. The normalized spacial score (nSPS) is 15.8. The standard InChI is InChI=1S/C10H19F2N3O/c11-9(12)7-15(6-4-13)5-3-10(16)14-8-1-2-8/h8-9H,1-7,13H2,(H,14,16). The van der Waals surface area contributed by atoms with E-state index in [9.17, 15) is 13.6 Å². The van der Waals surface area contributed by atoms with E-state index in [4.69, 9.17) is 5.73 Å². The van der Waals surface area contributed by atoms with Gasteiger partial charge in [-0.2, -0.15) is 0 Å². The highest BCUT2D eigenvalue weighted by Gasteiger charge is 2.23. The Morgan fingerprint density at radius 3 is 2.62 bits per heavy atom. The van der Waals surface area contributed by atoms with Crippen molar-refractivity contribution in [3.05, 3.63) is 0 Å². The van der Waals surface area contributed by atoms with E-state index in [2.05, 4.69) is 5.32 Å². The van der Waals surface area contributed by atoms with Gasteiger partial charge in [0.1, 0.15) is 0 Å². The van der Waals surface area contributed by atoms with Crippen LogP contribution in [0.15, 0.2) is 0 Å². The first-order chi connectivity index (χ1) is 7.61. The Labute approximate surface area is 94.2 Å². The van der Waals surface area contributed by atoms with Gasteiger partial charge in [-0.1, -0.05) is 0 Å². The van der Waals surface area contributed by atoms with E-state index in [1.165, 1.54) is 4.90 Å². The SMILES string of the molecule is NCCN(CCC(=O)NC1CC1)CC(F)F. The zero-order valence-electron chi connectivity index (χ0n) is 9.29. The Morgan fingerprint density at radius 2 is 2.12 bits per heavy atom. The number of carbonyl (C=O) groups is 1. The van der Waals surface area contributed by atoms with E-state index in [-0.39, 0.29) is 18.9 Å². The fourth-order valence-electron chi connectivity index (χ4n) is 1.46. The van der Waals surface area contributed by atoms with Gasteiger partial charge in [0.05, 0.1) is 6.54 Å². The Balaban J connectivity index is 2.16. The van der Waals surface area contributed by atoms with Gasteiger partial charge in [-0.05, 0) is 12.8 Å². The van der Waals surface area contributed by atoms with Gasteiger partial charge >= 0.3 is 0 Å². The molecule has 0 heterocycles. The molecule has 1 fully saturated rings. The van der Waals surface area contributed by atoms with Gasteiger partial charge in [-0.15, -0.1) is 0 Å². The fourth-order valence-corrected chi connectivity index (χ4v) is 1.46. The summed E-state index contributed by atoms with van der Waals surface area (Å²) in [6, 6.07) is 0.325. The molecule has 0 bridgehead atoms. The molecule has 0 atom stereocenters. The number of carbonyl (C=O) groups excluding carboxylic acids is 1. The quantitative estimate of drug-likeness (QED) is 0.631. The van der Waals surface area contributed by atoms with E-state index in [0.29, 0.717) is 25.7 Å². The lowest BCUT2D eigenvalue weighted by Gasteiger charge is -2.20. The summed E-state index contributed by atoms with van der Waals surface area (Å²) in [5.41, 5.74) is 5.32. The van der Waals surface area contributed by atoms with Crippen LogP contribution in [0.3, 0.4) is 0 Å². The molecule has 4 nitrogen and oxygen atoms in total. The average Bonchev–Trinajstić information content (AvgIpc) is 2.97. The fraction of sp³-hybridized carbons (Fsp3) is 0.900. The minimum absolute atomic E-state index is 0.0567. The van der Waals surface area contributed by atoms with Crippen LogP contribution in [-0.2, 0) is 4.79 Å². The van der Waals surface area contributed by atoms with E-state index in [0.717, 1.165) is 12.8 Å². The number of nitrogens with two attached hydrogens (primary N) is 1. The van der Waals surface area contributed by atoms with Crippen molar-refractivity contribution < 1.29 is 13.6 Å². The zero-order valence-corrected chi connectivity index (χ0v) is 9.29. The third-order valence-electron chi connectivity index (χ3n) is 2.44. The highest BCUT2D eigenvalue weighted by molar-refractivity contribution is 5.76. The first-order valence-corrected chi connectivity index (χ1v) is 5.61. The van der Waals surface area contributed by atoms with Crippen LogP contribution in [0.2, 0.25) is 0 Å². The second kappa shape index (κ2) is 6.75. The van der Waals surface area contributed by atoms with Crippen molar-refractivity contribution in [1.82, 2.24) is 10.2 Å². The molecule has 16 heavy (non-hydrogen) atoms. The molecule has 0 radical (unpaired) electrons. The lowest BCUT2D eigenvalue weighted by atomic mass is 10.3. The number of nitrogens with zero attached hydrogens (tertiary/aromatic N) is 1. The highest BCUT2D eigenvalue weighted by Crippen LogP contribution is 2.18. The van der Waals surface area contributed by atoms with Crippen molar-refractivity contribution in [2.45, 2.75) is 31.7 Å². The van der Waals surface area contributed by atoms with Crippen molar-refractivity contribution in [3.63, 3.8) is 0 Å². The minimum Gasteiger partial charge on any atom is -0.353 e. The minimum atomic E-state index is -2.38. The second-order valence-electron chi connectivity index (χ2n) is 4.07. The summed E-state index contributed by atoms with van der Waals surface area (Å²) < 4.78 is 24.3. The van der Waals surface area contributed by atoms with Gasteiger partial charge in [0.25, 0.3) is 6.43 Å². The second-order valence-corrected chi connectivity index (χ2v) is 4.07. The van der Waals surface area contributed by atoms with Crippen molar-refractivity contribution in [2.24, 2.45) is 5.73 Å². The summed E-state index contributed by atoms with van der Waals surface area (Å²) in [4.78, 5) is 12.9. The zero-order chi connectivity index (χ0) is 12.0. The van der Waals surface area contributed by atoms with Gasteiger partial charge in [-0.25, -0.2) is 8.78 Å². The van der Waals surface area contributed by atoms with Gasteiger partial charge in [-0.3, -0.25) is 9.69 Å². The summed E-state index contributed by atoms with van der Waals surface area (Å²) in [5.74, 6) is -0.0567. The van der Waals surface area contributed by atoms with Crippen LogP contribution in [0.25, 0.3) is 0 Å². The van der Waals surface area contributed by atoms with Crippen molar-refractivity contribution >= 4 is 5.91 Å². The smallest absolute Gasteiger partial charge is 0.251 e. The van der Waals surface area contributed by atoms with Crippen molar-refractivity contribution in [2.75, 3.05) is 26.2 Å². The molecule has 1 aliphatic rings. The maximum atomic E-state index is 12.2. The molecule has 3 N–H and O–H groups in total. The first kappa shape index (κ1) is 13.3. The summed E-state index contributed by atoms with van der Waals surface area (Å²) in [7, 11) is 0. The van der Waals surface area contributed by atoms with Gasteiger partial charge in [0.2, 0.25) is 5.91 Å². The summed E-state index contributed by atoms with van der Waals surface area (Å²) in [6.45, 7) is 0.770. The largest absolute Gasteiger partial charge is 0.353 e. The summed E-state index contributed by atoms with van der Waals surface area (Å²) in [5, 5.41) is 2.82. The summed E-state index contributed by atoms with van der Waals surface area (Å²) in [6.07, 6.45) is -0.0357. The van der Waals surface area contributed by atoms with Crippen LogP contribution in [0.5, 0.6) is 0 Å². The van der Waals surface area contributed by atoms with E-state index in [1.54, 1.807) is 0 Å². The van der Waals surface area contributed by atoms with Crippen LogP contribution in [0.1, 0.15) is 19.3 Å². The molecular weight excluding hydrogens is 216 g/mol. The Hall–Kier alpha value is -0.750. The van der Waals surface area contributed by atoms with Gasteiger partial charge < -0.3 is 11.1 Å². The molecule has 1 amide bonds. The Kier molecular flexibility index (Phi) is 5.62. The number of rotatable bonds is 8.